The van der Waals surface area contributed by atoms with Crippen molar-refractivity contribution in [1.82, 2.24) is 0 Å². The number of ether oxygens (including phenoxy) is 1. The summed E-state index contributed by atoms with van der Waals surface area (Å²) in [6, 6.07) is 5.61. The molecule has 1 aromatic carbocycles. The minimum Gasteiger partial charge on any atom is -0.399 e. The fraction of sp³-hybridized carbons (Fsp3) is 0.400. The Balaban J connectivity index is 2.28. The summed E-state index contributed by atoms with van der Waals surface area (Å²) in [7, 11) is 0. The van der Waals surface area contributed by atoms with E-state index in [-0.39, 0.29) is 6.10 Å². The molecule has 1 aromatic rings. The van der Waals surface area contributed by atoms with E-state index in [0.29, 0.717) is 10.7 Å². The van der Waals surface area contributed by atoms with Gasteiger partial charge in [-0.05, 0) is 36.6 Å². The molecule has 0 radical (unpaired) electrons. The van der Waals surface area contributed by atoms with Crippen LogP contribution in [0.1, 0.15) is 24.5 Å². The topological polar surface area (TPSA) is 35.2 Å². The van der Waals surface area contributed by atoms with Crippen LogP contribution < -0.4 is 5.73 Å². The van der Waals surface area contributed by atoms with Gasteiger partial charge in [-0.3, -0.25) is 0 Å². The van der Waals surface area contributed by atoms with E-state index in [9.17, 15) is 0 Å². The number of nitrogen functional groups attached to an aromatic ring is 1. The van der Waals surface area contributed by atoms with Crippen molar-refractivity contribution in [2.75, 3.05) is 12.3 Å². The van der Waals surface area contributed by atoms with Gasteiger partial charge in [-0.25, -0.2) is 0 Å². The molecule has 1 aliphatic heterocycles. The normalized spacial score (nSPS) is 22.1. The number of benzene rings is 1. The number of halogens is 1. The number of rotatable bonds is 1. The molecule has 13 heavy (non-hydrogen) atoms. The van der Waals surface area contributed by atoms with E-state index >= 15 is 0 Å². The molecular formula is C10H12ClNO. The summed E-state index contributed by atoms with van der Waals surface area (Å²) in [6.45, 7) is 0.844. The van der Waals surface area contributed by atoms with Crippen LogP contribution in [0.15, 0.2) is 18.2 Å². The highest BCUT2D eigenvalue weighted by molar-refractivity contribution is 6.30. The molecule has 1 heterocycles. The van der Waals surface area contributed by atoms with Crippen LogP contribution in [0.5, 0.6) is 0 Å². The third-order valence-corrected chi connectivity index (χ3v) is 2.46. The molecule has 0 aromatic heterocycles. The van der Waals surface area contributed by atoms with Crippen LogP contribution in [0.2, 0.25) is 5.02 Å². The first-order valence-electron chi connectivity index (χ1n) is 4.43. The summed E-state index contributed by atoms with van der Waals surface area (Å²) in [5, 5.41) is 0.686. The molecule has 1 aliphatic rings. The predicted octanol–water partition coefficient (Wildman–Crippen LogP) is 2.77. The summed E-state index contributed by atoms with van der Waals surface area (Å²) >= 11 is 5.89. The van der Waals surface area contributed by atoms with Gasteiger partial charge >= 0.3 is 0 Å². The molecule has 0 amide bonds. The number of hydrogen-bond donors (Lipinski definition) is 1. The lowest BCUT2D eigenvalue weighted by molar-refractivity contribution is 0.112. The van der Waals surface area contributed by atoms with E-state index in [0.717, 1.165) is 25.0 Å². The summed E-state index contributed by atoms with van der Waals surface area (Å²) in [5.41, 5.74) is 7.49. The Bertz CT molecular complexity index is 288. The second kappa shape index (κ2) is 3.56. The van der Waals surface area contributed by atoms with Crippen molar-refractivity contribution in [3.05, 3.63) is 28.8 Å². The molecule has 1 saturated heterocycles. The van der Waals surface area contributed by atoms with Crippen LogP contribution in [0.3, 0.4) is 0 Å². The summed E-state index contributed by atoms with van der Waals surface area (Å²) < 4.78 is 5.53. The molecule has 1 unspecified atom stereocenters. The maximum atomic E-state index is 5.89. The average molecular weight is 198 g/mol. The zero-order chi connectivity index (χ0) is 9.26. The van der Waals surface area contributed by atoms with Crippen molar-refractivity contribution in [1.29, 1.82) is 0 Å². The molecule has 0 aliphatic carbocycles. The van der Waals surface area contributed by atoms with E-state index in [1.54, 1.807) is 6.07 Å². The second-order valence-corrected chi connectivity index (χ2v) is 3.76. The van der Waals surface area contributed by atoms with Crippen LogP contribution in [0.25, 0.3) is 0 Å². The number of anilines is 1. The highest BCUT2D eigenvalue weighted by Crippen LogP contribution is 2.31. The van der Waals surface area contributed by atoms with E-state index < -0.39 is 0 Å². The predicted molar refractivity (Wildman–Crippen MR) is 53.8 cm³/mol. The molecule has 0 spiro atoms. The SMILES string of the molecule is Nc1cc(Cl)cc(C2CCCO2)c1. The third kappa shape index (κ3) is 1.95. The van der Waals surface area contributed by atoms with Gasteiger partial charge in [-0.15, -0.1) is 0 Å². The van der Waals surface area contributed by atoms with Crippen molar-refractivity contribution in [3.8, 4) is 0 Å². The highest BCUT2D eigenvalue weighted by Gasteiger charge is 2.17. The van der Waals surface area contributed by atoms with Crippen LogP contribution in [-0.4, -0.2) is 6.61 Å². The molecule has 0 saturated carbocycles. The minimum absolute atomic E-state index is 0.195. The summed E-state index contributed by atoms with van der Waals surface area (Å²) in [5.74, 6) is 0. The molecular weight excluding hydrogens is 186 g/mol. The Morgan fingerprint density at radius 2 is 2.23 bits per heavy atom. The fourth-order valence-electron chi connectivity index (χ4n) is 1.66. The molecule has 1 fully saturated rings. The maximum absolute atomic E-state index is 5.89. The van der Waals surface area contributed by atoms with Crippen molar-refractivity contribution in [2.24, 2.45) is 0 Å². The van der Waals surface area contributed by atoms with Gasteiger partial charge in [-0.1, -0.05) is 11.6 Å². The molecule has 1 atom stereocenters. The first-order valence-corrected chi connectivity index (χ1v) is 4.81. The van der Waals surface area contributed by atoms with E-state index in [1.165, 1.54) is 0 Å². The monoisotopic (exact) mass is 197 g/mol. The van der Waals surface area contributed by atoms with Crippen molar-refractivity contribution >= 4 is 17.3 Å². The Morgan fingerprint density at radius 1 is 1.38 bits per heavy atom. The summed E-state index contributed by atoms with van der Waals surface area (Å²) in [6.07, 6.45) is 2.39. The molecule has 0 bridgehead atoms. The van der Waals surface area contributed by atoms with Gasteiger partial charge in [0.25, 0.3) is 0 Å². The van der Waals surface area contributed by atoms with Crippen LogP contribution in [0.4, 0.5) is 5.69 Å². The lowest BCUT2D eigenvalue weighted by Gasteiger charge is -2.10. The standard InChI is InChI=1S/C10H12ClNO/c11-8-4-7(5-9(12)6-8)10-2-1-3-13-10/h4-6,10H,1-3,12H2. The molecule has 2 rings (SSSR count). The van der Waals surface area contributed by atoms with Crippen LogP contribution in [0, 0.1) is 0 Å². The molecule has 70 valence electrons. The first kappa shape index (κ1) is 8.85. The fourth-order valence-corrected chi connectivity index (χ4v) is 1.91. The first-order chi connectivity index (χ1) is 6.25. The lowest BCUT2D eigenvalue weighted by atomic mass is 10.1. The number of nitrogens with two attached hydrogens (primary N) is 1. The van der Waals surface area contributed by atoms with Gasteiger partial charge in [0.15, 0.2) is 0 Å². The van der Waals surface area contributed by atoms with Crippen molar-refractivity contribution in [2.45, 2.75) is 18.9 Å². The van der Waals surface area contributed by atoms with Gasteiger partial charge < -0.3 is 10.5 Å². The second-order valence-electron chi connectivity index (χ2n) is 3.32. The van der Waals surface area contributed by atoms with Crippen LogP contribution >= 0.6 is 11.6 Å². The van der Waals surface area contributed by atoms with Crippen molar-refractivity contribution in [3.63, 3.8) is 0 Å². The Kier molecular flexibility index (Phi) is 2.42. The zero-order valence-corrected chi connectivity index (χ0v) is 8.05. The Morgan fingerprint density at radius 3 is 2.85 bits per heavy atom. The van der Waals surface area contributed by atoms with Crippen LogP contribution in [-0.2, 0) is 4.74 Å². The van der Waals surface area contributed by atoms with Gasteiger partial charge in [0.1, 0.15) is 0 Å². The van der Waals surface area contributed by atoms with Gasteiger partial charge in [0.2, 0.25) is 0 Å². The lowest BCUT2D eigenvalue weighted by Crippen LogP contribution is -1.97. The van der Waals surface area contributed by atoms with E-state index in [4.69, 9.17) is 22.1 Å². The summed E-state index contributed by atoms with van der Waals surface area (Å²) in [4.78, 5) is 0. The highest BCUT2D eigenvalue weighted by atomic mass is 35.5. The molecule has 3 heteroatoms. The average Bonchev–Trinajstić information content (AvgIpc) is 2.53. The van der Waals surface area contributed by atoms with Gasteiger partial charge in [0.05, 0.1) is 6.10 Å². The minimum atomic E-state index is 0.195. The largest absolute Gasteiger partial charge is 0.399 e. The molecule has 2 nitrogen and oxygen atoms in total. The van der Waals surface area contributed by atoms with Crippen molar-refractivity contribution < 1.29 is 4.74 Å². The number of hydrogen-bond acceptors (Lipinski definition) is 2. The molecule has 2 N–H and O–H groups in total. The van der Waals surface area contributed by atoms with Gasteiger partial charge in [0, 0.05) is 17.3 Å². The zero-order valence-electron chi connectivity index (χ0n) is 7.29. The smallest absolute Gasteiger partial charge is 0.0827 e. The van der Waals surface area contributed by atoms with E-state index in [2.05, 4.69) is 0 Å². The Hall–Kier alpha value is -0.730. The van der Waals surface area contributed by atoms with E-state index in [1.807, 2.05) is 12.1 Å². The maximum Gasteiger partial charge on any atom is 0.0827 e. The Labute approximate surface area is 82.6 Å². The third-order valence-electron chi connectivity index (χ3n) is 2.24. The quantitative estimate of drug-likeness (QED) is 0.703. The van der Waals surface area contributed by atoms with Gasteiger partial charge in [-0.2, -0.15) is 0 Å².